The molecule has 5 heteroatoms. The molecule has 5 aromatic rings. The predicted octanol–water partition coefficient (Wildman–Crippen LogP) is 6.87. The molecular weight excluding hydrogens is 422 g/mol. The zero-order chi connectivity index (χ0) is 23.1. The number of hydrogen-bond acceptors (Lipinski definition) is 5. The summed E-state index contributed by atoms with van der Waals surface area (Å²) in [7, 11) is 2.07. The van der Waals surface area contributed by atoms with E-state index < -0.39 is 5.72 Å². The van der Waals surface area contributed by atoms with Crippen molar-refractivity contribution in [3.63, 3.8) is 0 Å². The SMILES string of the molecule is CN1c2ccccc2C(C)(C)C12C=Nc1c(c(-c3nc4ccccc4o3)cc3ccccc13)O2. The highest BCUT2D eigenvalue weighted by Gasteiger charge is 2.58. The Labute approximate surface area is 197 Å². The van der Waals surface area contributed by atoms with E-state index in [1.165, 1.54) is 5.56 Å². The highest BCUT2D eigenvalue weighted by Crippen LogP contribution is 2.56. The van der Waals surface area contributed by atoms with Crippen molar-refractivity contribution in [2.24, 2.45) is 4.99 Å². The van der Waals surface area contributed by atoms with Crippen LogP contribution in [0.4, 0.5) is 11.4 Å². The van der Waals surface area contributed by atoms with Crippen molar-refractivity contribution in [1.82, 2.24) is 4.98 Å². The molecule has 0 radical (unpaired) electrons. The molecular formula is C29H23N3O2. The van der Waals surface area contributed by atoms with E-state index in [9.17, 15) is 0 Å². The summed E-state index contributed by atoms with van der Waals surface area (Å²) in [6.45, 7) is 4.43. The predicted molar refractivity (Wildman–Crippen MR) is 136 cm³/mol. The van der Waals surface area contributed by atoms with Crippen LogP contribution in [0, 0.1) is 0 Å². The van der Waals surface area contributed by atoms with Crippen molar-refractivity contribution >= 4 is 39.5 Å². The Bertz CT molecular complexity index is 1620. The highest BCUT2D eigenvalue weighted by atomic mass is 16.5. The lowest BCUT2D eigenvalue weighted by Crippen LogP contribution is -2.61. The number of hydrogen-bond donors (Lipinski definition) is 0. The molecule has 0 bridgehead atoms. The minimum absolute atomic E-state index is 0.343. The smallest absolute Gasteiger partial charge is 0.231 e. The largest absolute Gasteiger partial charge is 0.459 e. The number of likely N-dealkylation sites (N-methyl/N-ethyl adjacent to an activating group) is 1. The van der Waals surface area contributed by atoms with Gasteiger partial charge in [0.25, 0.3) is 0 Å². The molecule has 0 aliphatic carbocycles. The second-order valence-electron chi connectivity index (χ2n) is 9.57. The molecule has 1 spiro atoms. The van der Waals surface area contributed by atoms with Gasteiger partial charge in [-0.15, -0.1) is 0 Å². The van der Waals surface area contributed by atoms with Crippen LogP contribution in [0.25, 0.3) is 33.3 Å². The Balaban J connectivity index is 1.50. The van der Waals surface area contributed by atoms with E-state index >= 15 is 0 Å². The molecule has 34 heavy (non-hydrogen) atoms. The molecule has 0 fully saturated rings. The van der Waals surface area contributed by atoms with E-state index in [-0.39, 0.29) is 5.41 Å². The first-order valence-electron chi connectivity index (χ1n) is 11.5. The van der Waals surface area contributed by atoms with Gasteiger partial charge in [0.15, 0.2) is 11.3 Å². The number of rotatable bonds is 1. The second kappa shape index (κ2) is 6.48. The summed E-state index contributed by atoms with van der Waals surface area (Å²) in [6, 6.07) is 26.6. The summed E-state index contributed by atoms with van der Waals surface area (Å²) >= 11 is 0. The van der Waals surface area contributed by atoms with Gasteiger partial charge in [-0.25, -0.2) is 4.98 Å². The fraction of sp³-hybridized carbons (Fsp3) is 0.172. The molecule has 1 atom stereocenters. The summed E-state index contributed by atoms with van der Waals surface area (Å²) in [4.78, 5) is 12.1. The summed E-state index contributed by atoms with van der Waals surface area (Å²) in [6.07, 6.45) is 1.97. The summed E-state index contributed by atoms with van der Waals surface area (Å²) < 4.78 is 13.3. The fourth-order valence-corrected chi connectivity index (χ4v) is 5.55. The van der Waals surface area contributed by atoms with Crippen molar-refractivity contribution < 1.29 is 9.15 Å². The number of oxazole rings is 1. The van der Waals surface area contributed by atoms with Gasteiger partial charge in [0, 0.05) is 18.1 Å². The Morgan fingerprint density at radius 2 is 1.65 bits per heavy atom. The number of anilines is 1. The number of benzene rings is 4. The molecule has 2 aliphatic rings. The van der Waals surface area contributed by atoms with Crippen LogP contribution in [0.2, 0.25) is 0 Å². The van der Waals surface area contributed by atoms with Crippen molar-refractivity contribution in [1.29, 1.82) is 0 Å². The van der Waals surface area contributed by atoms with E-state index in [0.717, 1.165) is 38.8 Å². The van der Waals surface area contributed by atoms with Crippen LogP contribution in [0.5, 0.6) is 5.75 Å². The van der Waals surface area contributed by atoms with Crippen LogP contribution in [-0.2, 0) is 5.41 Å². The van der Waals surface area contributed by atoms with Crippen molar-refractivity contribution in [2.45, 2.75) is 25.0 Å². The van der Waals surface area contributed by atoms with E-state index in [0.29, 0.717) is 11.6 Å². The van der Waals surface area contributed by atoms with Crippen molar-refractivity contribution in [2.75, 3.05) is 11.9 Å². The molecule has 0 N–H and O–H groups in total. The third kappa shape index (κ3) is 2.34. The monoisotopic (exact) mass is 445 g/mol. The van der Waals surface area contributed by atoms with Crippen LogP contribution < -0.4 is 9.64 Å². The van der Waals surface area contributed by atoms with Gasteiger partial charge in [-0.3, -0.25) is 4.99 Å². The third-order valence-electron chi connectivity index (χ3n) is 7.46. The molecule has 5 nitrogen and oxygen atoms in total. The average Bonchev–Trinajstić information content (AvgIpc) is 3.36. The normalized spacial score (nSPS) is 20.0. The van der Waals surface area contributed by atoms with Gasteiger partial charge in [0.1, 0.15) is 11.2 Å². The van der Waals surface area contributed by atoms with Crippen LogP contribution >= 0.6 is 0 Å². The van der Waals surface area contributed by atoms with Crippen molar-refractivity contribution in [3.05, 3.63) is 84.4 Å². The Morgan fingerprint density at radius 1 is 0.882 bits per heavy atom. The third-order valence-corrected chi connectivity index (χ3v) is 7.46. The van der Waals surface area contributed by atoms with Crippen LogP contribution in [0.3, 0.4) is 0 Å². The second-order valence-corrected chi connectivity index (χ2v) is 9.57. The number of para-hydroxylation sites is 3. The van der Waals surface area contributed by atoms with Gasteiger partial charge in [-0.05, 0) is 49.1 Å². The lowest BCUT2D eigenvalue weighted by Gasteiger charge is -2.45. The van der Waals surface area contributed by atoms with Gasteiger partial charge < -0.3 is 14.1 Å². The van der Waals surface area contributed by atoms with E-state index in [1.807, 2.05) is 42.6 Å². The maximum Gasteiger partial charge on any atom is 0.231 e. The van der Waals surface area contributed by atoms with E-state index in [4.69, 9.17) is 19.1 Å². The van der Waals surface area contributed by atoms with Crippen LogP contribution in [-0.4, -0.2) is 24.0 Å². The van der Waals surface area contributed by atoms with Crippen LogP contribution in [0.1, 0.15) is 19.4 Å². The number of aliphatic imine (C=N–C) groups is 1. The highest BCUT2D eigenvalue weighted by molar-refractivity contribution is 6.04. The molecule has 0 saturated heterocycles. The maximum absolute atomic E-state index is 7.06. The Morgan fingerprint density at radius 3 is 2.50 bits per heavy atom. The topological polar surface area (TPSA) is 50.9 Å². The number of ether oxygens (including phenoxy) is 1. The quantitative estimate of drug-likeness (QED) is 0.283. The zero-order valence-electron chi connectivity index (χ0n) is 19.2. The van der Waals surface area contributed by atoms with Gasteiger partial charge in [-0.1, -0.05) is 54.6 Å². The molecule has 0 saturated carbocycles. The fourth-order valence-electron chi connectivity index (χ4n) is 5.55. The van der Waals surface area contributed by atoms with Gasteiger partial charge in [-0.2, -0.15) is 0 Å². The summed E-state index contributed by atoms with van der Waals surface area (Å²) in [5, 5.41) is 2.11. The molecule has 3 heterocycles. The lowest BCUT2D eigenvalue weighted by atomic mass is 9.77. The Hall–Kier alpha value is -4.12. The molecule has 166 valence electrons. The van der Waals surface area contributed by atoms with E-state index in [2.05, 4.69) is 68.3 Å². The average molecular weight is 446 g/mol. The van der Waals surface area contributed by atoms with Gasteiger partial charge >= 0.3 is 0 Å². The molecule has 7 rings (SSSR count). The Kier molecular flexibility index (Phi) is 3.69. The first-order chi connectivity index (χ1) is 16.5. The first kappa shape index (κ1) is 19.4. The molecule has 0 amide bonds. The summed E-state index contributed by atoms with van der Waals surface area (Å²) in [5.74, 6) is 1.23. The maximum atomic E-state index is 7.06. The van der Waals surface area contributed by atoms with Crippen LogP contribution in [0.15, 0.2) is 88.3 Å². The van der Waals surface area contributed by atoms with Crippen molar-refractivity contribution in [3.8, 4) is 17.2 Å². The minimum Gasteiger partial charge on any atom is -0.459 e. The molecule has 2 aliphatic heterocycles. The van der Waals surface area contributed by atoms with Gasteiger partial charge in [0.2, 0.25) is 11.6 Å². The first-order valence-corrected chi connectivity index (χ1v) is 11.5. The molecule has 1 aromatic heterocycles. The summed E-state index contributed by atoms with van der Waals surface area (Å²) in [5.41, 5.74) is 4.43. The zero-order valence-corrected chi connectivity index (χ0v) is 19.2. The molecule has 4 aromatic carbocycles. The minimum atomic E-state index is -0.785. The lowest BCUT2D eigenvalue weighted by molar-refractivity contribution is 0.0831. The number of fused-ring (bicyclic) bond motifs is 5. The molecule has 1 unspecified atom stereocenters. The number of nitrogens with zero attached hydrogens (tertiary/aromatic N) is 3. The van der Waals surface area contributed by atoms with Gasteiger partial charge in [0.05, 0.1) is 17.2 Å². The number of aromatic nitrogens is 1. The van der Waals surface area contributed by atoms with E-state index in [1.54, 1.807) is 0 Å². The standard InChI is InChI=1S/C29H23N3O2/c1-28(2)21-12-6-8-14-23(21)32(3)29(28)17-30-25-19-11-5-4-10-18(19)16-20(26(25)34-29)27-31-22-13-7-9-15-24(22)33-27/h4-17H,1-3H3.